The molecule has 1 aromatic carbocycles. The maximum Gasteiger partial charge on any atom is 0.330 e. The molecule has 74 valence electrons. The second kappa shape index (κ2) is 5.22. The number of carboxylic acid groups (broad SMARTS) is 1. The van der Waals surface area contributed by atoms with E-state index in [0.717, 1.165) is 12.8 Å². The standard InChI is InChI=1S/C12H14O2/c1-10(12(13)14)6-5-9-11-7-3-2-4-8-11/h2-4,6-8H,5,9H2,1H3,(H,13,14). The van der Waals surface area contributed by atoms with Crippen LogP contribution in [0.2, 0.25) is 0 Å². The summed E-state index contributed by atoms with van der Waals surface area (Å²) in [5.74, 6) is -0.835. The minimum absolute atomic E-state index is 0.418. The average Bonchev–Trinajstić information content (AvgIpc) is 2.19. The number of aliphatic carboxylic acids is 1. The summed E-state index contributed by atoms with van der Waals surface area (Å²) in [5, 5.41) is 8.61. The molecule has 2 nitrogen and oxygen atoms in total. The molecule has 0 fully saturated rings. The van der Waals surface area contributed by atoms with E-state index < -0.39 is 5.97 Å². The van der Waals surface area contributed by atoms with Crippen molar-refractivity contribution in [2.75, 3.05) is 0 Å². The first-order valence-corrected chi connectivity index (χ1v) is 4.64. The quantitative estimate of drug-likeness (QED) is 0.741. The Morgan fingerprint density at radius 1 is 1.36 bits per heavy atom. The molecule has 0 atom stereocenters. The van der Waals surface area contributed by atoms with Crippen molar-refractivity contribution in [2.45, 2.75) is 19.8 Å². The van der Waals surface area contributed by atoms with Gasteiger partial charge in [0.2, 0.25) is 0 Å². The van der Waals surface area contributed by atoms with Crippen LogP contribution in [0, 0.1) is 0 Å². The predicted octanol–water partition coefficient (Wildman–Crippen LogP) is 2.65. The van der Waals surface area contributed by atoms with Crippen LogP contribution in [0.5, 0.6) is 0 Å². The Hall–Kier alpha value is -1.57. The van der Waals surface area contributed by atoms with E-state index in [1.54, 1.807) is 13.0 Å². The Balaban J connectivity index is 2.43. The number of carbonyl (C=O) groups is 1. The molecule has 1 N–H and O–H groups in total. The number of hydrogen-bond acceptors (Lipinski definition) is 1. The smallest absolute Gasteiger partial charge is 0.330 e. The highest BCUT2D eigenvalue weighted by atomic mass is 16.4. The lowest BCUT2D eigenvalue weighted by Gasteiger charge is -1.97. The van der Waals surface area contributed by atoms with Gasteiger partial charge in [0.15, 0.2) is 0 Å². The molecular weight excluding hydrogens is 176 g/mol. The first-order chi connectivity index (χ1) is 6.70. The lowest BCUT2D eigenvalue weighted by atomic mass is 10.1. The fourth-order valence-electron chi connectivity index (χ4n) is 1.19. The van der Waals surface area contributed by atoms with E-state index >= 15 is 0 Å². The van der Waals surface area contributed by atoms with E-state index in [0.29, 0.717) is 5.57 Å². The molecule has 0 heterocycles. The predicted molar refractivity (Wildman–Crippen MR) is 56.2 cm³/mol. The summed E-state index contributed by atoms with van der Waals surface area (Å²) >= 11 is 0. The third-order valence-electron chi connectivity index (χ3n) is 2.06. The molecule has 1 rings (SSSR count). The van der Waals surface area contributed by atoms with Gasteiger partial charge < -0.3 is 5.11 Å². The van der Waals surface area contributed by atoms with Crippen LogP contribution in [-0.2, 0) is 11.2 Å². The monoisotopic (exact) mass is 190 g/mol. The van der Waals surface area contributed by atoms with Crippen LogP contribution >= 0.6 is 0 Å². The van der Waals surface area contributed by atoms with Gasteiger partial charge in [-0.3, -0.25) is 0 Å². The van der Waals surface area contributed by atoms with Crippen LogP contribution in [0.25, 0.3) is 0 Å². The summed E-state index contributed by atoms with van der Waals surface area (Å²) in [7, 11) is 0. The largest absolute Gasteiger partial charge is 0.478 e. The lowest BCUT2D eigenvalue weighted by molar-refractivity contribution is -0.132. The van der Waals surface area contributed by atoms with Gasteiger partial charge in [0, 0.05) is 5.57 Å². The van der Waals surface area contributed by atoms with Gasteiger partial charge in [-0.2, -0.15) is 0 Å². The number of aryl methyl sites for hydroxylation is 1. The van der Waals surface area contributed by atoms with Crippen LogP contribution in [-0.4, -0.2) is 11.1 Å². The third kappa shape index (κ3) is 3.44. The second-order valence-electron chi connectivity index (χ2n) is 3.22. The molecule has 0 saturated heterocycles. The van der Waals surface area contributed by atoms with E-state index in [4.69, 9.17) is 5.11 Å². The molecule has 0 bridgehead atoms. The molecule has 0 amide bonds. The Kier molecular flexibility index (Phi) is 3.92. The zero-order valence-electron chi connectivity index (χ0n) is 8.23. The van der Waals surface area contributed by atoms with Gasteiger partial charge in [0.05, 0.1) is 0 Å². The molecule has 0 spiro atoms. The van der Waals surface area contributed by atoms with Gasteiger partial charge in [-0.1, -0.05) is 36.4 Å². The second-order valence-corrected chi connectivity index (χ2v) is 3.22. The van der Waals surface area contributed by atoms with Crippen LogP contribution < -0.4 is 0 Å². The van der Waals surface area contributed by atoms with Crippen LogP contribution in [0.1, 0.15) is 18.9 Å². The zero-order chi connectivity index (χ0) is 10.4. The van der Waals surface area contributed by atoms with Crippen molar-refractivity contribution in [2.24, 2.45) is 0 Å². The van der Waals surface area contributed by atoms with Crippen molar-refractivity contribution in [1.29, 1.82) is 0 Å². The topological polar surface area (TPSA) is 37.3 Å². The van der Waals surface area contributed by atoms with E-state index in [2.05, 4.69) is 0 Å². The van der Waals surface area contributed by atoms with Crippen LogP contribution in [0.4, 0.5) is 0 Å². The molecule has 0 aliphatic heterocycles. The van der Waals surface area contributed by atoms with E-state index in [9.17, 15) is 4.79 Å². The van der Waals surface area contributed by atoms with Crippen molar-refractivity contribution >= 4 is 5.97 Å². The van der Waals surface area contributed by atoms with Crippen molar-refractivity contribution in [3.63, 3.8) is 0 Å². The van der Waals surface area contributed by atoms with Gasteiger partial charge in [-0.25, -0.2) is 4.79 Å². The fraction of sp³-hybridized carbons (Fsp3) is 0.250. The molecule has 0 aliphatic rings. The first-order valence-electron chi connectivity index (χ1n) is 4.64. The van der Waals surface area contributed by atoms with E-state index in [1.165, 1.54) is 5.56 Å². The van der Waals surface area contributed by atoms with Gasteiger partial charge >= 0.3 is 5.97 Å². The average molecular weight is 190 g/mol. The van der Waals surface area contributed by atoms with Crippen molar-refractivity contribution in [3.05, 3.63) is 47.5 Å². The molecule has 0 unspecified atom stereocenters. The van der Waals surface area contributed by atoms with Gasteiger partial charge in [0.25, 0.3) is 0 Å². The lowest BCUT2D eigenvalue weighted by Crippen LogP contribution is -1.96. The maximum atomic E-state index is 10.5. The van der Waals surface area contributed by atoms with Crippen molar-refractivity contribution < 1.29 is 9.90 Å². The summed E-state index contributed by atoms with van der Waals surface area (Å²) in [4.78, 5) is 10.5. The Morgan fingerprint density at radius 3 is 2.57 bits per heavy atom. The first kappa shape index (κ1) is 10.5. The van der Waals surface area contributed by atoms with Crippen LogP contribution in [0.15, 0.2) is 42.0 Å². The molecule has 1 aromatic rings. The summed E-state index contributed by atoms with van der Waals surface area (Å²) in [5.41, 5.74) is 1.66. The highest BCUT2D eigenvalue weighted by Gasteiger charge is 1.97. The van der Waals surface area contributed by atoms with Gasteiger partial charge in [-0.15, -0.1) is 0 Å². The summed E-state index contributed by atoms with van der Waals surface area (Å²) in [6.45, 7) is 1.62. The molecule has 0 saturated carbocycles. The molecule has 0 radical (unpaired) electrons. The normalized spacial score (nSPS) is 11.4. The molecule has 14 heavy (non-hydrogen) atoms. The number of benzene rings is 1. The Bertz CT molecular complexity index is 325. The highest BCUT2D eigenvalue weighted by Crippen LogP contribution is 2.04. The van der Waals surface area contributed by atoms with Crippen LogP contribution in [0.3, 0.4) is 0 Å². The van der Waals surface area contributed by atoms with E-state index in [1.807, 2.05) is 30.3 Å². The van der Waals surface area contributed by atoms with Crippen molar-refractivity contribution in [1.82, 2.24) is 0 Å². The minimum atomic E-state index is -0.835. The molecular formula is C12H14O2. The number of allylic oxidation sites excluding steroid dienone is 1. The molecule has 2 heteroatoms. The Morgan fingerprint density at radius 2 is 2.00 bits per heavy atom. The Labute approximate surface area is 83.9 Å². The number of carboxylic acids is 1. The number of rotatable bonds is 4. The maximum absolute atomic E-state index is 10.5. The summed E-state index contributed by atoms with van der Waals surface area (Å²) in [6, 6.07) is 10.0. The zero-order valence-corrected chi connectivity index (χ0v) is 8.23. The summed E-state index contributed by atoms with van der Waals surface area (Å²) < 4.78 is 0. The molecule has 0 aromatic heterocycles. The highest BCUT2D eigenvalue weighted by molar-refractivity contribution is 5.85. The summed E-state index contributed by atoms with van der Waals surface area (Å²) in [6.07, 6.45) is 3.43. The minimum Gasteiger partial charge on any atom is -0.478 e. The third-order valence-corrected chi connectivity index (χ3v) is 2.06. The van der Waals surface area contributed by atoms with Gasteiger partial charge in [0.1, 0.15) is 0 Å². The molecule has 0 aliphatic carbocycles. The van der Waals surface area contributed by atoms with Gasteiger partial charge in [-0.05, 0) is 25.3 Å². The number of hydrogen-bond donors (Lipinski definition) is 1. The van der Waals surface area contributed by atoms with E-state index in [-0.39, 0.29) is 0 Å². The fourth-order valence-corrected chi connectivity index (χ4v) is 1.19. The van der Waals surface area contributed by atoms with Crippen molar-refractivity contribution in [3.8, 4) is 0 Å². The SMILES string of the molecule is CC(=CCCc1ccccc1)C(=O)O.